The molecule has 0 radical (unpaired) electrons. The maximum Gasteiger partial charge on any atom is 0.282 e. The maximum absolute atomic E-state index is 3.75. The first-order valence-corrected chi connectivity index (χ1v) is 8.03. The van der Waals surface area contributed by atoms with Gasteiger partial charge in [0.15, 0.2) is 0 Å². The molecule has 0 heterocycles. The van der Waals surface area contributed by atoms with Crippen LogP contribution in [0.4, 0.5) is 0 Å². The summed E-state index contributed by atoms with van der Waals surface area (Å²) in [5.41, 5.74) is 0. The van der Waals surface area contributed by atoms with Crippen molar-refractivity contribution >= 4 is 8.56 Å². The normalized spacial score (nSPS) is 11.1. The van der Waals surface area contributed by atoms with Crippen molar-refractivity contribution < 1.29 is 0 Å². The molecule has 0 bridgehead atoms. The second kappa shape index (κ2) is 9.54. The molecule has 16 heavy (non-hydrogen) atoms. The first-order chi connectivity index (χ1) is 7.74. The number of hydrogen-bond donors (Lipinski definition) is 3. The molecule has 3 N–H and O–H groups in total. The molecule has 0 spiro atoms. The van der Waals surface area contributed by atoms with E-state index in [1.54, 1.807) is 0 Å². The second-order valence-electron chi connectivity index (χ2n) is 3.66. The average Bonchev–Trinajstić information content (AvgIpc) is 2.31. The van der Waals surface area contributed by atoms with Gasteiger partial charge in [0.25, 0.3) is 8.56 Å². The summed E-state index contributed by atoms with van der Waals surface area (Å²) in [6.07, 6.45) is 6.82. The summed E-state index contributed by atoms with van der Waals surface area (Å²) in [6, 6.07) is 1.13. The van der Waals surface area contributed by atoms with Crippen LogP contribution in [-0.4, -0.2) is 28.2 Å². The van der Waals surface area contributed by atoms with Gasteiger partial charge in [-0.05, 0) is 6.04 Å². The zero-order valence-corrected chi connectivity index (χ0v) is 11.4. The molecule has 4 heteroatoms. The van der Waals surface area contributed by atoms with Gasteiger partial charge in [0.05, 0.1) is 0 Å². The Morgan fingerprint density at radius 2 is 1.25 bits per heavy atom. The molecule has 0 aromatic rings. The first kappa shape index (κ1) is 15.3. The number of nitrogens with one attached hydrogen (secondary N) is 3. The topological polar surface area (TPSA) is 36.1 Å². The van der Waals surface area contributed by atoms with Crippen LogP contribution in [0.5, 0.6) is 0 Å². The minimum atomic E-state index is -1.82. The Bertz CT molecular complexity index is 185. The van der Waals surface area contributed by atoms with Gasteiger partial charge in [0, 0.05) is 19.6 Å². The SMILES string of the molecule is C=CCN[Si](CCC)(NCC=C)NCC=C. The van der Waals surface area contributed by atoms with Crippen LogP contribution in [0.1, 0.15) is 13.3 Å². The molecule has 92 valence electrons. The lowest BCUT2D eigenvalue weighted by Gasteiger charge is -2.32. The van der Waals surface area contributed by atoms with E-state index in [4.69, 9.17) is 0 Å². The summed E-state index contributed by atoms with van der Waals surface area (Å²) < 4.78 is 0. The lowest BCUT2D eigenvalue weighted by atomic mass is 10.6. The van der Waals surface area contributed by atoms with Gasteiger partial charge in [0.1, 0.15) is 0 Å². The lowest BCUT2D eigenvalue weighted by Crippen LogP contribution is -2.72. The third-order valence-corrected chi connectivity index (χ3v) is 5.94. The molecule has 0 amide bonds. The standard InChI is InChI=1S/C12H25N3Si/c1-5-9-13-16(12-8-4,14-10-6-2)15-11-7-3/h5-7,13-15H,1-3,8-12H2,4H3. The van der Waals surface area contributed by atoms with Gasteiger partial charge < -0.3 is 14.9 Å². The van der Waals surface area contributed by atoms with E-state index in [9.17, 15) is 0 Å². The zero-order chi connectivity index (χ0) is 12.3. The minimum absolute atomic E-state index is 0.820. The summed E-state index contributed by atoms with van der Waals surface area (Å²) in [5, 5.41) is 0. The van der Waals surface area contributed by atoms with Gasteiger partial charge in [-0.2, -0.15) is 0 Å². The zero-order valence-electron chi connectivity index (χ0n) is 10.4. The monoisotopic (exact) mass is 239 g/mol. The van der Waals surface area contributed by atoms with Crippen molar-refractivity contribution in [2.24, 2.45) is 0 Å². The molecule has 0 aliphatic heterocycles. The molecule has 0 saturated carbocycles. The molecular formula is C12H25N3Si. The van der Waals surface area contributed by atoms with Crippen molar-refractivity contribution in [2.75, 3.05) is 19.6 Å². The maximum atomic E-state index is 3.75. The first-order valence-electron chi connectivity index (χ1n) is 5.82. The molecular weight excluding hydrogens is 214 g/mol. The Kier molecular flexibility index (Phi) is 9.13. The van der Waals surface area contributed by atoms with E-state index >= 15 is 0 Å². The van der Waals surface area contributed by atoms with E-state index in [1.165, 1.54) is 0 Å². The average molecular weight is 239 g/mol. The Morgan fingerprint density at radius 3 is 1.50 bits per heavy atom. The van der Waals surface area contributed by atoms with Crippen LogP contribution in [0.2, 0.25) is 6.04 Å². The van der Waals surface area contributed by atoms with Crippen LogP contribution in [0.15, 0.2) is 38.0 Å². The van der Waals surface area contributed by atoms with Crippen molar-refractivity contribution in [2.45, 2.75) is 19.4 Å². The van der Waals surface area contributed by atoms with Crippen LogP contribution >= 0.6 is 0 Å². The molecule has 0 unspecified atom stereocenters. The Labute approximate surface area is 101 Å². The minimum Gasteiger partial charge on any atom is -0.310 e. The molecule has 0 aromatic heterocycles. The highest BCUT2D eigenvalue weighted by atomic mass is 28.4. The molecule has 0 aliphatic rings. The van der Waals surface area contributed by atoms with Gasteiger partial charge in [-0.3, -0.25) is 0 Å². The smallest absolute Gasteiger partial charge is 0.282 e. The number of rotatable bonds is 11. The predicted octanol–water partition coefficient (Wildman–Crippen LogP) is 1.66. The van der Waals surface area contributed by atoms with Crippen molar-refractivity contribution in [1.82, 2.24) is 14.9 Å². The molecule has 0 atom stereocenters. The summed E-state index contributed by atoms with van der Waals surface area (Å²) in [6.45, 7) is 15.9. The molecule has 0 rings (SSSR count). The quantitative estimate of drug-likeness (QED) is 0.379. The third kappa shape index (κ3) is 6.02. The molecule has 0 aromatic carbocycles. The van der Waals surface area contributed by atoms with E-state index in [0.29, 0.717) is 0 Å². The highest BCUT2D eigenvalue weighted by Gasteiger charge is 2.30. The van der Waals surface area contributed by atoms with Gasteiger partial charge in [-0.15, -0.1) is 19.7 Å². The van der Waals surface area contributed by atoms with Crippen molar-refractivity contribution in [1.29, 1.82) is 0 Å². The Hall–Kier alpha value is -0.683. The molecule has 0 fully saturated rings. The Balaban J connectivity index is 4.48. The van der Waals surface area contributed by atoms with E-state index in [0.717, 1.165) is 32.1 Å². The van der Waals surface area contributed by atoms with Crippen molar-refractivity contribution in [3.05, 3.63) is 38.0 Å². The van der Waals surface area contributed by atoms with Gasteiger partial charge in [-0.25, -0.2) is 0 Å². The summed E-state index contributed by atoms with van der Waals surface area (Å²) in [4.78, 5) is 10.7. The summed E-state index contributed by atoms with van der Waals surface area (Å²) >= 11 is 0. The fraction of sp³-hybridized carbons (Fsp3) is 0.500. The van der Waals surface area contributed by atoms with Crippen LogP contribution in [0.3, 0.4) is 0 Å². The number of hydrogen-bond acceptors (Lipinski definition) is 3. The van der Waals surface area contributed by atoms with Crippen LogP contribution in [0.25, 0.3) is 0 Å². The van der Waals surface area contributed by atoms with Gasteiger partial charge in [-0.1, -0.05) is 31.6 Å². The molecule has 0 aliphatic carbocycles. The largest absolute Gasteiger partial charge is 0.310 e. The van der Waals surface area contributed by atoms with Crippen LogP contribution in [-0.2, 0) is 0 Å². The highest BCUT2D eigenvalue weighted by molar-refractivity contribution is 6.72. The fourth-order valence-electron chi connectivity index (χ4n) is 1.57. The Morgan fingerprint density at radius 1 is 0.875 bits per heavy atom. The van der Waals surface area contributed by atoms with E-state index in [-0.39, 0.29) is 0 Å². The van der Waals surface area contributed by atoms with Crippen molar-refractivity contribution in [3.8, 4) is 0 Å². The molecule has 3 nitrogen and oxygen atoms in total. The molecule has 0 saturated heterocycles. The summed E-state index contributed by atoms with van der Waals surface area (Å²) in [7, 11) is -1.82. The van der Waals surface area contributed by atoms with E-state index in [1.807, 2.05) is 18.2 Å². The lowest BCUT2D eigenvalue weighted by molar-refractivity contribution is 0.787. The van der Waals surface area contributed by atoms with E-state index < -0.39 is 8.56 Å². The van der Waals surface area contributed by atoms with Gasteiger partial charge >= 0.3 is 0 Å². The van der Waals surface area contributed by atoms with Gasteiger partial charge in [0.2, 0.25) is 0 Å². The fourth-order valence-corrected chi connectivity index (χ4v) is 4.70. The van der Waals surface area contributed by atoms with Crippen LogP contribution in [0, 0.1) is 0 Å². The highest BCUT2D eigenvalue weighted by Crippen LogP contribution is 2.02. The third-order valence-electron chi connectivity index (χ3n) is 2.27. The summed E-state index contributed by atoms with van der Waals surface area (Å²) in [5.74, 6) is 0. The second-order valence-corrected chi connectivity index (χ2v) is 7.04. The van der Waals surface area contributed by atoms with Crippen molar-refractivity contribution in [3.63, 3.8) is 0 Å². The predicted molar refractivity (Wildman–Crippen MR) is 75.5 cm³/mol. The van der Waals surface area contributed by atoms with E-state index in [2.05, 4.69) is 41.6 Å². The van der Waals surface area contributed by atoms with Crippen LogP contribution < -0.4 is 14.9 Å².